The number of carbonyl (C=O) groups excluding carboxylic acids is 1. The van der Waals surface area contributed by atoms with E-state index in [1.807, 2.05) is 24.3 Å². The van der Waals surface area contributed by atoms with E-state index in [9.17, 15) is 4.79 Å². The Hall–Kier alpha value is -3.65. The van der Waals surface area contributed by atoms with Gasteiger partial charge in [0.05, 0.1) is 5.69 Å². The summed E-state index contributed by atoms with van der Waals surface area (Å²) < 4.78 is 3.87. The first-order valence-electron chi connectivity index (χ1n) is 10.5. The molecule has 0 fully saturated rings. The van der Waals surface area contributed by atoms with Crippen molar-refractivity contribution in [1.29, 1.82) is 0 Å². The Balaban J connectivity index is 1.44. The average molecular weight is 418 g/mol. The minimum absolute atomic E-state index is 0.332. The maximum atomic E-state index is 12.6. The number of carbonyl (C=O) groups is 1. The Morgan fingerprint density at radius 1 is 1.03 bits per heavy atom. The van der Waals surface area contributed by atoms with Crippen LogP contribution in [0.5, 0.6) is 0 Å². The van der Waals surface area contributed by atoms with E-state index in [0.717, 1.165) is 42.8 Å². The predicted octanol–water partition coefficient (Wildman–Crippen LogP) is 4.21. The molecule has 0 bridgehead atoms. The molecule has 160 valence electrons. The van der Waals surface area contributed by atoms with Crippen LogP contribution in [0.25, 0.3) is 16.7 Å². The minimum atomic E-state index is -0.332. The molecule has 0 aliphatic heterocycles. The number of likely N-dealkylation sites (N-methyl/N-ethyl adjacent to an activating group) is 1. The highest BCUT2D eigenvalue weighted by Crippen LogP contribution is 2.22. The van der Waals surface area contributed by atoms with Gasteiger partial charge in [-0.3, -0.25) is 0 Å². The quantitative estimate of drug-likeness (QED) is 0.450. The van der Waals surface area contributed by atoms with Crippen LogP contribution in [0, 0.1) is 0 Å². The summed E-state index contributed by atoms with van der Waals surface area (Å²) in [5, 5.41) is 11.1. The molecule has 2 N–H and O–H groups in total. The second kappa shape index (κ2) is 9.44. The van der Waals surface area contributed by atoms with Gasteiger partial charge in [0.1, 0.15) is 0 Å². The Morgan fingerprint density at radius 3 is 2.68 bits per heavy atom. The minimum Gasteiger partial charge on any atom is -0.346 e. The van der Waals surface area contributed by atoms with Gasteiger partial charge in [-0.15, -0.1) is 0 Å². The summed E-state index contributed by atoms with van der Waals surface area (Å²) in [5.41, 5.74) is 2.47. The molecule has 2 amide bonds. The highest BCUT2D eigenvalue weighted by atomic mass is 16.2. The van der Waals surface area contributed by atoms with Gasteiger partial charge in [0, 0.05) is 54.5 Å². The van der Waals surface area contributed by atoms with Crippen LogP contribution in [-0.4, -0.2) is 49.9 Å². The highest BCUT2D eigenvalue weighted by molar-refractivity contribution is 6.01. The fourth-order valence-electron chi connectivity index (χ4n) is 3.62. The standard InChI is InChI=1S/C23H27N7O/c1-3-28(4-2)15-16-29-14-10-18-17-19(8-9-21(18)29)26-23(31)27-20-7-5-11-24-22(20)30-13-6-12-25-30/h5-14,17H,3-4,15-16H2,1-2H3,(H2,26,27,31). The molecule has 0 spiro atoms. The molecule has 0 saturated heterocycles. The lowest BCUT2D eigenvalue weighted by atomic mass is 10.2. The molecule has 0 aliphatic carbocycles. The van der Waals surface area contributed by atoms with Crippen LogP contribution in [0.4, 0.5) is 16.2 Å². The van der Waals surface area contributed by atoms with Crippen molar-refractivity contribution < 1.29 is 4.79 Å². The number of nitrogens with one attached hydrogen (secondary N) is 2. The molecule has 0 aliphatic rings. The number of aromatic nitrogens is 4. The van der Waals surface area contributed by atoms with Crippen molar-refractivity contribution >= 4 is 28.3 Å². The Bertz CT molecular complexity index is 1150. The van der Waals surface area contributed by atoms with Gasteiger partial charge in [0.15, 0.2) is 5.82 Å². The molecule has 4 rings (SSSR count). The number of urea groups is 1. The number of hydrogen-bond acceptors (Lipinski definition) is 4. The molecule has 0 saturated carbocycles. The summed E-state index contributed by atoms with van der Waals surface area (Å²) in [4.78, 5) is 19.3. The molecule has 4 aromatic rings. The number of nitrogens with zero attached hydrogens (tertiary/aromatic N) is 5. The summed E-state index contributed by atoms with van der Waals surface area (Å²) in [5.74, 6) is 0.559. The molecular weight excluding hydrogens is 390 g/mol. The largest absolute Gasteiger partial charge is 0.346 e. The summed E-state index contributed by atoms with van der Waals surface area (Å²) in [6, 6.07) is 13.1. The third-order valence-electron chi connectivity index (χ3n) is 5.34. The van der Waals surface area contributed by atoms with Crippen LogP contribution >= 0.6 is 0 Å². The number of benzene rings is 1. The third-order valence-corrected chi connectivity index (χ3v) is 5.34. The molecule has 0 atom stereocenters. The second-order valence-corrected chi connectivity index (χ2v) is 7.21. The first-order valence-corrected chi connectivity index (χ1v) is 10.5. The first kappa shape index (κ1) is 20.6. The summed E-state index contributed by atoms with van der Waals surface area (Å²) in [6.45, 7) is 8.43. The highest BCUT2D eigenvalue weighted by Gasteiger charge is 2.11. The molecule has 0 radical (unpaired) electrons. The van der Waals surface area contributed by atoms with E-state index in [0.29, 0.717) is 11.5 Å². The number of rotatable bonds is 8. The predicted molar refractivity (Wildman–Crippen MR) is 124 cm³/mol. The van der Waals surface area contributed by atoms with Gasteiger partial charge in [0.2, 0.25) is 0 Å². The fraction of sp³-hybridized carbons (Fsp3) is 0.261. The van der Waals surface area contributed by atoms with Gasteiger partial charge in [-0.25, -0.2) is 14.5 Å². The Morgan fingerprint density at radius 2 is 1.90 bits per heavy atom. The van der Waals surface area contributed by atoms with E-state index < -0.39 is 0 Å². The SMILES string of the molecule is CCN(CC)CCn1ccc2cc(NC(=O)Nc3cccnc3-n3cccn3)ccc21. The Kier molecular flexibility index (Phi) is 6.28. The fourth-order valence-corrected chi connectivity index (χ4v) is 3.62. The first-order chi connectivity index (χ1) is 15.2. The van der Waals surface area contributed by atoms with Crippen molar-refractivity contribution in [3.05, 3.63) is 67.3 Å². The Labute approximate surface area is 181 Å². The van der Waals surface area contributed by atoms with Crippen molar-refractivity contribution in [3.63, 3.8) is 0 Å². The number of anilines is 2. The monoisotopic (exact) mass is 417 g/mol. The van der Waals surface area contributed by atoms with Crippen LogP contribution in [0.1, 0.15) is 13.8 Å². The topological polar surface area (TPSA) is 80.0 Å². The van der Waals surface area contributed by atoms with Gasteiger partial charge in [-0.1, -0.05) is 13.8 Å². The molecule has 8 nitrogen and oxygen atoms in total. The second-order valence-electron chi connectivity index (χ2n) is 7.21. The van der Waals surface area contributed by atoms with Crippen molar-refractivity contribution in [2.24, 2.45) is 0 Å². The molecule has 3 aromatic heterocycles. The van der Waals surface area contributed by atoms with Crippen LogP contribution in [0.15, 0.2) is 67.3 Å². The van der Waals surface area contributed by atoms with Crippen LogP contribution in [0.2, 0.25) is 0 Å². The van der Waals surface area contributed by atoms with Crippen molar-refractivity contribution in [2.45, 2.75) is 20.4 Å². The zero-order valence-corrected chi connectivity index (χ0v) is 17.8. The van der Waals surface area contributed by atoms with Gasteiger partial charge < -0.3 is 20.1 Å². The number of hydrogen-bond donors (Lipinski definition) is 2. The van der Waals surface area contributed by atoms with E-state index >= 15 is 0 Å². The van der Waals surface area contributed by atoms with Gasteiger partial charge in [-0.2, -0.15) is 5.10 Å². The van der Waals surface area contributed by atoms with Crippen LogP contribution in [0.3, 0.4) is 0 Å². The zero-order chi connectivity index (χ0) is 21.6. The van der Waals surface area contributed by atoms with Gasteiger partial charge >= 0.3 is 6.03 Å². The van der Waals surface area contributed by atoms with Gasteiger partial charge in [0.25, 0.3) is 0 Å². The number of amides is 2. The lowest BCUT2D eigenvalue weighted by Gasteiger charge is -2.18. The van der Waals surface area contributed by atoms with Crippen molar-refractivity contribution in [2.75, 3.05) is 30.3 Å². The summed E-state index contributed by atoms with van der Waals surface area (Å²) in [7, 11) is 0. The van der Waals surface area contributed by atoms with E-state index in [4.69, 9.17) is 0 Å². The maximum absolute atomic E-state index is 12.6. The summed E-state index contributed by atoms with van der Waals surface area (Å²) in [6.07, 6.45) is 7.22. The van der Waals surface area contributed by atoms with E-state index in [2.05, 4.69) is 56.3 Å². The smallest absolute Gasteiger partial charge is 0.323 e. The summed E-state index contributed by atoms with van der Waals surface area (Å²) >= 11 is 0. The zero-order valence-electron chi connectivity index (χ0n) is 17.8. The van der Waals surface area contributed by atoms with Crippen molar-refractivity contribution in [1.82, 2.24) is 24.2 Å². The third kappa shape index (κ3) is 4.75. The number of fused-ring (bicyclic) bond motifs is 1. The normalized spacial score (nSPS) is 11.2. The van der Waals surface area contributed by atoms with Crippen LogP contribution < -0.4 is 10.6 Å². The van der Waals surface area contributed by atoms with Crippen molar-refractivity contribution in [3.8, 4) is 5.82 Å². The van der Waals surface area contributed by atoms with Crippen LogP contribution in [-0.2, 0) is 6.54 Å². The average Bonchev–Trinajstić information content (AvgIpc) is 3.45. The molecular formula is C23H27N7O. The van der Waals surface area contributed by atoms with E-state index in [1.165, 1.54) is 0 Å². The molecule has 3 heterocycles. The molecule has 8 heteroatoms. The number of pyridine rings is 1. The lowest BCUT2D eigenvalue weighted by molar-refractivity contribution is 0.262. The van der Waals surface area contributed by atoms with Gasteiger partial charge in [-0.05, 0) is 55.6 Å². The van der Waals surface area contributed by atoms with E-state index in [1.54, 1.807) is 35.4 Å². The molecule has 1 aromatic carbocycles. The molecule has 0 unspecified atom stereocenters. The maximum Gasteiger partial charge on any atom is 0.323 e. The van der Waals surface area contributed by atoms with E-state index in [-0.39, 0.29) is 6.03 Å². The molecule has 31 heavy (non-hydrogen) atoms. The lowest BCUT2D eigenvalue weighted by Crippen LogP contribution is -2.26.